The minimum Gasteiger partial charge on any atom is -0.346 e. The Bertz CT molecular complexity index is 504. The van der Waals surface area contributed by atoms with Crippen molar-refractivity contribution in [2.24, 2.45) is 5.92 Å². The van der Waals surface area contributed by atoms with Crippen LogP contribution in [0.5, 0.6) is 0 Å². The Morgan fingerprint density at radius 2 is 2.10 bits per heavy atom. The number of hydrogen-bond acceptors (Lipinski definition) is 6. The van der Waals surface area contributed by atoms with Crippen LogP contribution in [0.2, 0.25) is 0 Å². The highest BCUT2D eigenvalue weighted by atomic mass is 32.1. The van der Waals surface area contributed by atoms with Gasteiger partial charge in [-0.2, -0.15) is 10.5 Å². The highest BCUT2D eigenvalue weighted by molar-refractivity contribution is 7.13. The van der Waals surface area contributed by atoms with Gasteiger partial charge in [0.1, 0.15) is 0 Å². The van der Waals surface area contributed by atoms with Crippen molar-refractivity contribution >= 4 is 16.5 Å². The molecule has 1 aliphatic rings. The maximum Gasteiger partial charge on any atom is 0.185 e. The first-order valence-electron chi connectivity index (χ1n) is 6.89. The lowest BCUT2D eigenvalue weighted by molar-refractivity contribution is 0.233. The summed E-state index contributed by atoms with van der Waals surface area (Å²) in [5.74, 6) is -0.0247. The summed E-state index contributed by atoms with van der Waals surface area (Å²) in [6.45, 7) is 6.64. The fraction of sp³-hybridized carbons (Fsp3) is 0.643. The van der Waals surface area contributed by atoms with Crippen LogP contribution >= 0.6 is 11.3 Å². The number of rotatable bonds is 5. The number of nitriles is 2. The fourth-order valence-electron chi connectivity index (χ4n) is 2.36. The van der Waals surface area contributed by atoms with Crippen LogP contribution in [0.25, 0.3) is 0 Å². The molecule has 2 rings (SSSR count). The monoisotopic (exact) mass is 289 g/mol. The van der Waals surface area contributed by atoms with Gasteiger partial charge in [-0.3, -0.25) is 4.90 Å². The van der Waals surface area contributed by atoms with Crippen LogP contribution in [0, 0.1) is 35.5 Å². The number of thiazole rings is 1. The van der Waals surface area contributed by atoms with Crippen molar-refractivity contribution in [3.05, 3.63) is 11.1 Å². The van der Waals surface area contributed by atoms with E-state index in [0.717, 1.165) is 43.5 Å². The van der Waals surface area contributed by atoms with Gasteiger partial charge in [0.15, 0.2) is 5.13 Å². The Morgan fingerprint density at radius 3 is 2.65 bits per heavy atom. The van der Waals surface area contributed by atoms with Crippen molar-refractivity contribution in [1.29, 1.82) is 10.5 Å². The van der Waals surface area contributed by atoms with E-state index in [2.05, 4.69) is 32.3 Å². The molecule has 0 aromatic carbocycles. The number of nitrogens with zero attached hydrogens (tertiary/aromatic N) is 5. The minimum atomic E-state index is -0.0247. The SMILES string of the molecule is Cc1csc(N2CCN(C[C@@H](C#N)CCC#N)CC2)n1. The van der Waals surface area contributed by atoms with Crippen LogP contribution in [0.3, 0.4) is 0 Å². The fourth-order valence-corrected chi connectivity index (χ4v) is 3.21. The summed E-state index contributed by atoms with van der Waals surface area (Å²) in [5, 5.41) is 20.9. The van der Waals surface area contributed by atoms with Crippen molar-refractivity contribution in [3.63, 3.8) is 0 Å². The standard InChI is InChI=1S/C14H19N5S/c1-12-11-20-14(17-12)19-7-5-18(6-8-19)10-13(9-16)3-2-4-15/h11,13H,2-3,5-8,10H2,1H3/t13-/m1/s1. The highest BCUT2D eigenvalue weighted by Gasteiger charge is 2.21. The van der Waals surface area contributed by atoms with E-state index in [1.54, 1.807) is 11.3 Å². The number of piperazine rings is 1. The summed E-state index contributed by atoms with van der Waals surface area (Å²) in [4.78, 5) is 9.15. The van der Waals surface area contributed by atoms with Gasteiger partial charge in [-0.1, -0.05) is 0 Å². The minimum absolute atomic E-state index is 0.0247. The van der Waals surface area contributed by atoms with Crippen molar-refractivity contribution in [2.45, 2.75) is 19.8 Å². The van der Waals surface area contributed by atoms with E-state index in [0.29, 0.717) is 12.8 Å². The van der Waals surface area contributed by atoms with E-state index in [1.807, 2.05) is 6.92 Å². The van der Waals surface area contributed by atoms with Crippen LogP contribution < -0.4 is 4.90 Å². The lowest BCUT2D eigenvalue weighted by Gasteiger charge is -2.35. The molecule has 2 heterocycles. The Balaban J connectivity index is 1.79. The zero-order chi connectivity index (χ0) is 14.4. The molecule has 1 atom stereocenters. The van der Waals surface area contributed by atoms with Crippen LogP contribution in [-0.2, 0) is 0 Å². The summed E-state index contributed by atoms with van der Waals surface area (Å²) in [6, 6.07) is 4.43. The third kappa shape index (κ3) is 3.93. The number of aromatic nitrogens is 1. The van der Waals surface area contributed by atoms with E-state index >= 15 is 0 Å². The molecule has 1 aromatic heterocycles. The molecule has 1 saturated heterocycles. The number of hydrogen-bond donors (Lipinski definition) is 0. The number of anilines is 1. The first-order valence-corrected chi connectivity index (χ1v) is 7.77. The topological polar surface area (TPSA) is 67.0 Å². The molecule has 0 aliphatic carbocycles. The van der Waals surface area contributed by atoms with Gasteiger partial charge < -0.3 is 4.90 Å². The Labute approximate surface area is 124 Å². The largest absolute Gasteiger partial charge is 0.346 e. The lowest BCUT2D eigenvalue weighted by atomic mass is 10.0. The van der Waals surface area contributed by atoms with Crippen molar-refractivity contribution < 1.29 is 0 Å². The van der Waals surface area contributed by atoms with E-state index in [-0.39, 0.29) is 5.92 Å². The average molecular weight is 289 g/mol. The zero-order valence-electron chi connectivity index (χ0n) is 11.7. The molecule has 20 heavy (non-hydrogen) atoms. The second-order valence-electron chi connectivity index (χ2n) is 5.08. The molecule has 0 N–H and O–H groups in total. The van der Waals surface area contributed by atoms with Crippen LogP contribution in [0.4, 0.5) is 5.13 Å². The number of aryl methyl sites for hydroxylation is 1. The molecule has 0 bridgehead atoms. The highest BCUT2D eigenvalue weighted by Crippen LogP contribution is 2.21. The molecule has 6 heteroatoms. The van der Waals surface area contributed by atoms with Gasteiger partial charge in [-0.15, -0.1) is 11.3 Å². The molecule has 0 amide bonds. The van der Waals surface area contributed by atoms with Gasteiger partial charge in [-0.25, -0.2) is 4.98 Å². The second kappa shape index (κ2) is 7.23. The Kier molecular flexibility index (Phi) is 5.34. The first kappa shape index (κ1) is 14.8. The molecular formula is C14H19N5S. The van der Waals surface area contributed by atoms with Crippen molar-refractivity contribution in [2.75, 3.05) is 37.6 Å². The molecule has 5 nitrogen and oxygen atoms in total. The zero-order valence-corrected chi connectivity index (χ0v) is 12.6. The van der Waals surface area contributed by atoms with Gasteiger partial charge in [0, 0.05) is 44.5 Å². The summed E-state index contributed by atoms with van der Waals surface area (Å²) in [5.41, 5.74) is 1.08. The summed E-state index contributed by atoms with van der Waals surface area (Å²) in [6.07, 6.45) is 1.15. The quantitative estimate of drug-likeness (QED) is 0.829. The van der Waals surface area contributed by atoms with Gasteiger partial charge >= 0.3 is 0 Å². The van der Waals surface area contributed by atoms with Gasteiger partial charge in [0.05, 0.1) is 23.8 Å². The van der Waals surface area contributed by atoms with Crippen LogP contribution in [0.1, 0.15) is 18.5 Å². The van der Waals surface area contributed by atoms with E-state index in [4.69, 9.17) is 10.5 Å². The molecule has 1 aromatic rings. The van der Waals surface area contributed by atoms with Crippen LogP contribution in [-0.4, -0.2) is 42.6 Å². The lowest BCUT2D eigenvalue weighted by Crippen LogP contribution is -2.47. The Hall–Kier alpha value is -1.63. The first-order chi connectivity index (χ1) is 9.72. The van der Waals surface area contributed by atoms with Crippen molar-refractivity contribution in [1.82, 2.24) is 9.88 Å². The summed E-state index contributed by atoms with van der Waals surface area (Å²) in [7, 11) is 0. The third-order valence-electron chi connectivity index (χ3n) is 3.52. The Morgan fingerprint density at radius 1 is 1.35 bits per heavy atom. The average Bonchev–Trinajstić information content (AvgIpc) is 2.90. The van der Waals surface area contributed by atoms with Crippen LogP contribution in [0.15, 0.2) is 5.38 Å². The van der Waals surface area contributed by atoms with E-state index in [1.165, 1.54) is 0 Å². The second-order valence-corrected chi connectivity index (χ2v) is 5.92. The predicted molar refractivity (Wildman–Crippen MR) is 79.5 cm³/mol. The molecule has 0 radical (unpaired) electrons. The molecule has 106 valence electrons. The predicted octanol–water partition coefficient (Wildman–Crippen LogP) is 2.02. The summed E-state index contributed by atoms with van der Waals surface area (Å²) >= 11 is 1.69. The molecule has 1 fully saturated rings. The molecular weight excluding hydrogens is 270 g/mol. The van der Waals surface area contributed by atoms with Gasteiger partial charge in [0.2, 0.25) is 0 Å². The normalized spacial score (nSPS) is 17.4. The molecule has 0 saturated carbocycles. The maximum atomic E-state index is 9.11. The third-order valence-corrected chi connectivity index (χ3v) is 4.53. The van der Waals surface area contributed by atoms with E-state index < -0.39 is 0 Å². The smallest absolute Gasteiger partial charge is 0.185 e. The maximum absolute atomic E-state index is 9.11. The molecule has 1 aliphatic heterocycles. The van der Waals surface area contributed by atoms with Gasteiger partial charge in [0.25, 0.3) is 0 Å². The van der Waals surface area contributed by atoms with E-state index in [9.17, 15) is 0 Å². The molecule has 0 spiro atoms. The van der Waals surface area contributed by atoms with Crippen molar-refractivity contribution in [3.8, 4) is 12.1 Å². The summed E-state index contributed by atoms with van der Waals surface area (Å²) < 4.78 is 0. The van der Waals surface area contributed by atoms with Gasteiger partial charge in [-0.05, 0) is 13.3 Å². The molecule has 0 unspecified atom stereocenters.